The smallest absolute Gasteiger partial charge is 0.159 e. The van der Waals surface area contributed by atoms with Crippen molar-refractivity contribution in [2.24, 2.45) is 0 Å². The molecule has 2 N–H and O–H groups in total. The second kappa shape index (κ2) is 3.90. The van der Waals surface area contributed by atoms with Crippen molar-refractivity contribution in [3.8, 4) is 0 Å². The van der Waals surface area contributed by atoms with Gasteiger partial charge in [-0.05, 0) is 35.7 Å². The summed E-state index contributed by atoms with van der Waals surface area (Å²) in [6.07, 6.45) is 4.82. The second-order valence-electron chi connectivity index (χ2n) is 3.73. The molecule has 2 rings (SSSR count). The molecule has 1 saturated heterocycles. The number of aromatic nitrogens is 2. The molecule has 0 spiro atoms. The Bertz CT molecular complexity index is 306. The number of hydrogen-bond donors (Lipinski definition) is 1. The normalized spacial score (nSPS) is 27.0. The fourth-order valence-corrected chi connectivity index (χ4v) is 2.05. The molecule has 0 radical (unpaired) electrons. The molecule has 1 fully saturated rings. The zero-order valence-electron chi connectivity index (χ0n) is 8.11. The van der Waals surface area contributed by atoms with Crippen LogP contribution in [-0.4, -0.2) is 22.0 Å². The maximum absolute atomic E-state index is 5.70. The monoisotopic (exact) mass is 259 g/mol. The molecule has 0 aliphatic carbocycles. The van der Waals surface area contributed by atoms with E-state index in [1.807, 2.05) is 10.9 Å². The molecule has 0 amide bonds. The molecule has 78 valence electrons. The highest BCUT2D eigenvalue weighted by Crippen LogP contribution is 2.22. The van der Waals surface area contributed by atoms with Crippen molar-refractivity contribution in [1.82, 2.24) is 9.78 Å². The maximum Gasteiger partial charge on any atom is 0.159 e. The van der Waals surface area contributed by atoms with Gasteiger partial charge in [0.05, 0.1) is 23.2 Å². The molecule has 4 nitrogen and oxygen atoms in total. The molecule has 5 heteroatoms. The van der Waals surface area contributed by atoms with Crippen molar-refractivity contribution in [3.05, 3.63) is 10.7 Å². The van der Waals surface area contributed by atoms with E-state index >= 15 is 0 Å². The fourth-order valence-electron chi connectivity index (χ4n) is 1.73. The zero-order chi connectivity index (χ0) is 10.1. The van der Waals surface area contributed by atoms with Crippen LogP contribution in [0.5, 0.6) is 0 Å². The SMILES string of the molecule is CC1CCC(Cn2cc(Br)c(N)n2)O1. The van der Waals surface area contributed by atoms with Gasteiger partial charge in [0.1, 0.15) is 0 Å². The van der Waals surface area contributed by atoms with E-state index in [-0.39, 0.29) is 6.10 Å². The molecular weight excluding hydrogens is 246 g/mol. The highest BCUT2D eigenvalue weighted by atomic mass is 79.9. The molecule has 1 aromatic heterocycles. The Morgan fingerprint density at radius 3 is 3.00 bits per heavy atom. The van der Waals surface area contributed by atoms with Crippen molar-refractivity contribution in [2.45, 2.75) is 38.5 Å². The first-order chi connectivity index (χ1) is 6.65. The molecule has 14 heavy (non-hydrogen) atoms. The molecule has 0 bridgehead atoms. The van der Waals surface area contributed by atoms with E-state index in [0.29, 0.717) is 11.9 Å². The number of rotatable bonds is 2. The first-order valence-electron chi connectivity index (χ1n) is 4.79. The van der Waals surface area contributed by atoms with E-state index in [2.05, 4.69) is 28.0 Å². The van der Waals surface area contributed by atoms with Crippen LogP contribution in [0.15, 0.2) is 10.7 Å². The fraction of sp³-hybridized carbons (Fsp3) is 0.667. The van der Waals surface area contributed by atoms with Gasteiger partial charge in [-0.2, -0.15) is 5.10 Å². The average molecular weight is 260 g/mol. The second-order valence-corrected chi connectivity index (χ2v) is 4.58. The Morgan fingerprint density at radius 1 is 1.71 bits per heavy atom. The highest BCUT2D eigenvalue weighted by Gasteiger charge is 2.22. The van der Waals surface area contributed by atoms with Gasteiger partial charge in [-0.3, -0.25) is 4.68 Å². The van der Waals surface area contributed by atoms with E-state index in [1.165, 1.54) is 0 Å². The molecular formula is C9H14BrN3O. The van der Waals surface area contributed by atoms with Gasteiger partial charge in [0.2, 0.25) is 0 Å². The predicted molar refractivity (Wildman–Crippen MR) is 57.9 cm³/mol. The number of halogens is 1. The van der Waals surface area contributed by atoms with E-state index in [4.69, 9.17) is 10.5 Å². The standard InChI is InChI=1S/C9H14BrN3O/c1-6-2-3-7(14-6)4-13-5-8(10)9(11)12-13/h5-7H,2-4H2,1H3,(H2,11,12). The lowest BCUT2D eigenvalue weighted by Gasteiger charge is -2.10. The van der Waals surface area contributed by atoms with Gasteiger partial charge in [-0.1, -0.05) is 0 Å². The summed E-state index contributed by atoms with van der Waals surface area (Å²) in [6.45, 7) is 2.90. The lowest BCUT2D eigenvalue weighted by atomic mass is 10.2. The minimum atomic E-state index is 0.288. The van der Waals surface area contributed by atoms with Gasteiger partial charge in [-0.25, -0.2) is 0 Å². The van der Waals surface area contributed by atoms with Crippen molar-refractivity contribution < 1.29 is 4.74 Å². The summed E-state index contributed by atoms with van der Waals surface area (Å²) in [5.74, 6) is 0.538. The number of nitrogens with zero attached hydrogens (tertiary/aromatic N) is 2. The van der Waals surface area contributed by atoms with Gasteiger partial charge in [0.25, 0.3) is 0 Å². The van der Waals surface area contributed by atoms with Crippen LogP contribution in [-0.2, 0) is 11.3 Å². The van der Waals surface area contributed by atoms with Gasteiger partial charge >= 0.3 is 0 Å². The van der Waals surface area contributed by atoms with E-state index in [0.717, 1.165) is 23.9 Å². The summed E-state index contributed by atoms with van der Waals surface area (Å²) in [4.78, 5) is 0. The third-order valence-corrected chi connectivity index (χ3v) is 3.06. The Balaban J connectivity index is 1.97. The first-order valence-corrected chi connectivity index (χ1v) is 5.58. The molecule has 2 heterocycles. The topological polar surface area (TPSA) is 53.1 Å². The first kappa shape index (κ1) is 9.98. The summed E-state index contributed by atoms with van der Waals surface area (Å²) in [6, 6.07) is 0. The summed E-state index contributed by atoms with van der Waals surface area (Å²) in [5, 5.41) is 4.17. The highest BCUT2D eigenvalue weighted by molar-refractivity contribution is 9.10. The van der Waals surface area contributed by atoms with Gasteiger partial charge in [0.15, 0.2) is 5.82 Å². The zero-order valence-corrected chi connectivity index (χ0v) is 9.70. The van der Waals surface area contributed by atoms with Crippen LogP contribution < -0.4 is 5.73 Å². The third-order valence-electron chi connectivity index (χ3n) is 2.45. The maximum atomic E-state index is 5.70. The summed E-state index contributed by atoms with van der Waals surface area (Å²) in [5.41, 5.74) is 5.62. The number of hydrogen-bond acceptors (Lipinski definition) is 3. The Labute approximate surface area is 91.5 Å². The predicted octanol–water partition coefficient (Wildman–Crippen LogP) is 1.80. The van der Waals surface area contributed by atoms with Crippen molar-refractivity contribution in [3.63, 3.8) is 0 Å². The Morgan fingerprint density at radius 2 is 2.50 bits per heavy atom. The molecule has 2 atom stereocenters. The van der Waals surface area contributed by atoms with E-state index in [1.54, 1.807) is 0 Å². The van der Waals surface area contributed by atoms with E-state index in [9.17, 15) is 0 Å². The molecule has 2 unspecified atom stereocenters. The Kier molecular flexibility index (Phi) is 2.78. The van der Waals surface area contributed by atoms with Crippen molar-refractivity contribution in [2.75, 3.05) is 5.73 Å². The van der Waals surface area contributed by atoms with Gasteiger partial charge < -0.3 is 10.5 Å². The average Bonchev–Trinajstić information content (AvgIpc) is 2.62. The minimum Gasteiger partial charge on any atom is -0.381 e. The lowest BCUT2D eigenvalue weighted by molar-refractivity contribution is 0.0437. The summed E-state index contributed by atoms with van der Waals surface area (Å²) < 4.78 is 8.38. The van der Waals surface area contributed by atoms with Crippen LogP contribution in [0.1, 0.15) is 19.8 Å². The molecule has 1 aliphatic rings. The largest absolute Gasteiger partial charge is 0.381 e. The van der Waals surface area contributed by atoms with Crippen molar-refractivity contribution >= 4 is 21.7 Å². The molecule has 0 saturated carbocycles. The number of ether oxygens (including phenoxy) is 1. The quantitative estimate of drug-likeness (QED) is 0.882. The molecule has 0 aromatic carbocycles. The number of nitrogen functional groups attached to an aromatic ring is 1. The van der Waals surface area contributed by atoms with E-state index < -0.39 is 0 Å². The minimum absolute atomic E-state index is 0.288. The Hall–Kier alpha value is -0.550. The van der Waals surface area contributed by atoms with Gasteiger partial charge in [0, 0.05) is 6.20 Å². The lowest BCUT2D eigenvalue weighted by Crippen LogP contribution is -2.16. The van der Waals surface area contributed by atoms with Crippen LogP contribution in [0.25, 0.3) is 0 Å². The van der Waals surface area contributed by atoms with Crippen LogP contribution in [0, 0.1) is 0 Å². The van der Waals surface area contributed by atoms with Crippen LogP contribution in [0.3, 0.4) is 0 Å². The van der Waals surface area contributed by atoms with Crippen LogP contribution in [0.4, 0.5) is 5.82 Å². The number of nitrogens with two attached hydrogens (primary N) is 1. The molecule has 1 aliphatic heterocycles. The van der Waals surface area contributed by atoms with Crippen LogP contribution >= 0.6 is 15.9 Å². The third kappa shape index (κ3) is 2.09. The summed E-state index contributed by atoms with van der Waals surface area (Å²) >= 11 is 3.33. The number of anilines is 1. The summed E-state index contributed by atoms with van der Waals surface area (Å²) in [7, 11) is 0. The van der Waals surface area contributed by atoms with Crippen LogP contribution in [0.2, 0.25) is 0 Å². The molecule has 1 aromatic rings. The van der Waals surface area contributed by atoms with Crippen molar-refractivity contribution in [1.29, 1.82) is 0 Å². The van der Waals surface area contributed by atoms with Gasteiger partial charge in [-0.15, -0.1) is 0 Å².